The predicted octanol–water partition coefficient (Wildman–Crippen LogP) is 4.61. The lowest BCUT2D eigenvalue weighted by atomic mass is 9.57. The van der Waals surface area contributed by atoms with Gasteiger partial charge in [0.1, 0.15) is 0 Å². The maximum atomic E-state index is 12.5. The lowest BCUT2D eigenvalue weighted by Crippen LogP contribution is -2.49. The molecule has 26 heavy (non-hydrogen) atoms. The Morgan fingerprint density at radius 3 is 2.19 bits per heavy atom. The Morgan fingerprint density at radius 1 is 1.27 bits per heavy atom. The number of rotatable bonds is 11. The highest BCUT2D eigenvalue weighted by molar-refractivity contribution is 5.78. The van der Waals surface area contributed by atoms with E-state index in [0.717, 1.165) is 38.6 Å². The van der Waals surface area contributed by atoms with Crippen LogP contribution in [0.1, 0.15) is 86.0 Å². The Bertz CT molecular complexity index is 532. The summed E-state index contributed by atoms with van der Waals surface area (Å²) in [7, 11) is 0. The Morgan fingerprint density at radius 2 is 1.85 bits per heavy atom. The number of aliphatic carboxylic acids is 1. The van der Waals surface area contributed by atoms with Gasteiger partial charge in [0.05, 0.1) is 17.9 Å². The van der Waals surface area contributed by atoms with Crippen LogP contribution < -0.4 is 0 Å². The summed E-state index contributed by atoms with van der Waals surface area (Å²) >= 11 is 0. The maximum absolute atomic E-state index is 12.5. The molecule has 1 aliphatic heterocycles. The monoisotopic (exact) mass is 364 g/mol. The van der Waals surface area contributed by atoms with Crippen LogP contribution in [0.5, 0.6) is 0 Å². The minimum absolute atomic E-state index is 0.0846. The maximum Gasteiger partial charge on any atom is 0.304 e. The molecule has 0 bridgehead atoms. The van der Waals surface area contributed by atoms with Gasteiger partial charge in [-0.25, -0.2) is 0 Å². The van der Waals surface area contributed by atoms with Gasteiger partial charge < -0.3 is 10.0 Å². The molecule has 0 aliphatic carbocycles. The number of likely N-dealkylation sites (tertiary alicyclic amines) is 1. The van der Waals surface area contributed by atoms with E-state index in [1.807, 2.05) is 4.90 Å². The van der Waals surface area contributed by atoms with Crippen molar-refractivity contribution < 1.29 is 14.7 Å². The van der Waals surface area contributed by atoms with Crippen molar-refractivity contribution in [2.75, 3.05) is 6.54 Å². The third-order valence-electron chi connectivity index (χ3n) is 6.98. The van der Waals surface area contributed by atoms with E-state index in [0.29, 0.717) is 18.8 Å². The van der Waals surface area contributed by atoms with Crippen LogP contribution in [0, 0.1) is 28.1 Å². The molecule has 5 heteroatoms. The van der Waals surface area contributed by atoms with E-state index in [9.17, 15) is 20.0 Å². The first-order valence-electron chi connectivity index (χ1n) is 10.2. The molecular weight excluding hydrogens is 328 g/mol. The largest absolute Gasteiger partial charge is 0.481 e. The number of hydrogen-bond donors (Lipinski definition) is 1. The second kappa shape index (κ2) is 9.39. The van der Waals surface area contributed by atoms with E-state index in [1.165, 1.54) is 0 Å². The Hall–Kier alpha value is -1.57. The topological polar surface area (TPSA) is 81.4 Å². The summed E-state index contributed by atoms with van der Waals surface area (Å²) in [6.07, 6.45) is 5.48. The van der Waals surface area contributed by atoms with Gasteiger partial charge in [-0.15, -0.1) is 0 Å². The number of amides is 1. The second-order valence-corrected chi connectivity index (χ2v) is 8.04. The Labute approximate surface area is 158 Å². The molecule has 2 atom stereocenters. The van der Waals surface area contributed by atoms with Crippen LogP contribution in [0.3, 0.4) is 0 Å². The molecule has 1 N–H and O–H groups in total. The molecule has 1 amide bonds. The fraction of sp³-hybridized carbons (Fsp3) is 0.857. The molecule has 5 nitrogen and oxygen atoms in total. The van der Waals surface area contributed by atoms with Crippen molar-refractivity contribution in [2.24, 2.45) is 16.7 Å². The van der Waals surface area contributed by atoms with Crippen LogP contribution in [0.25, 0.3) is 0 Å². The molecule has 1 aliphatic rings. The number of carbonyl (C=O) groups is 2. The lowest BCUT2D eigenvalue weighted by molar-refractivity contribution is -0.142. The molecule has 0 aromatic rings. The van der Waals surface area contributed by atoms with Crippen LogP contribution in [0.2, 0.25) is 0 Å². The van der Waals surface area contributed by atoms with Crippen molar-refractivity contribution in [3.63, 3.8) is 0 Å². The zero-order valence-electron chi connectivity index (χ0n) is 17.2. The van der Waals surface area contributed by atoms with Gasteiger partial charge in [-0.3, -0.25) is 9.59 Å². The van der Waals surface area contributed by atoms with Crippen molar-refractivity contribution in [3.8, 4) is 6.07 Å². The normalized spacial score (nSPS) is 18.7. The van der Waals surface area contributed by atoms with Gasteiger partial charge in [0.15, 0.2) is 0 Å². The smallest absolute Gasteiger partial charge is 0.304 e. The first kappa shape index (κ1) is 22.5. The molecule has 148 valence electrons. The second-order valence-electron chi connectivity index (χ2n) is 8.04. The van der Waals surface area contributed by atoms with E-state index in [2.05, 4.69) is 33.8 Å². The van der Waals surface area contributed by atoms with Crippen LogP contribution in [0.4, 0.5) is 0 Å². The number of nitriles is 1. The molecule has 0 saturated carbocycles. The summed E-state index contributed by atoms with van der Waals surface area (Å²) in [5.74, 6) is -0.348. The molecule has 0 spiro atoms. The zero-order valence-corrected chi connectivity index (χ0v) is 17.2. The number of hydrogen-bond acceptors (Lipinski definition) is 3. The molecule has 1 heterocycles. The summed E-state index contributed by atoms with van der Waals surface area (Å²) in [6.45, 7) is 11.0. The predicted molar refractivity (Wildman–Crippen MR) is 102 cm³/mol. The van der Waals surface area contributed by atoms with Crippen LogP contribution in [-0.4, -0.2) is 34.5 Å². The van der Waals surface area contributed by atoms with Crippen molar-refractivity contribution in [1.82, 2.24) is 4.90 Å². The third kappa shape index (κ3) is 4.39. The van der Waals surface area contributed by atoms with E-state index in [-0.39, 0.29) is 18.4 Å². The number of carbonyl (C=O) groups excluding carboxylic acids is 1. The molecule has 1 saturated heterocycles. The van der Waals surface area contributed by atoms with Gasteiger partial charge in [0.2, 0.25) is 5.91 Å². The van der Waals surface area contributed by atoms with Crippen LogP contribution >= 0.6 is 0 Å². The van der Waals surface area contributed by atoms with Gasteiger partial charge in [-0.05, 0) is 43.9 Å². The van der Waals surface area contributed by atoms with Crippen LogP contribution in [-0.2, 0) is 9.59 Å². The van der Waals surface area contributed by atoms with Gasteiger partial charge in [0, 0.05) is 19.0 Å². The minimum atomic E-state index is -0.949. The average molecular weight is 365 g/mol. The number of nitrogens with zero attached hydrogens (tertiary/aromatic N) is 2. The molecule has 0 aromatic carbocycles. The molecule has 2 unspecified atom stereocenters. The molecular formula is C21H36N2O3. The van der Waals surface area contributed by atoms with Crippen molar-refractivity contribution in [2.45, 2.75) is 92.0 Å². The molecule has 0 radical (unpaired) electrons. The highest BCUT2D eigenvalue weighted by atomic mass is 16.4. The van der Waals surface area contributed by atoms with Gasteiger partial charge in [-0.2, -0.15) is 5.26 Å². The summed E-state index contributed by atoms with van der Waals surface area (Å²) in [4.78, 5) is 26.0. The SMILES string of the molecule is CCC(CC)C(CC(CC)(CC)C(C)(C#N)CC(=O)O)N1CCCC1=O. The number of carboxylic acids is 1. The molecule has 1 fully saturated rings. The summed E-state index contributed by atoms with van der Waals surface area (Å²) < 4.78 is 0. The fourth-order valence-corrected chi connectivity index (χ4v) is 4.98. The van der Waals surface area contributed by atoms with Crippen molar-refractivity contribution in [3.05, 3.63) is 0 Å². The molecule has 0 aromatic heterocycles. The zero-order chi connectivity index (χ0) is 20.0. The molecule has 1 rings (SSSR count). The van der Waals surface area contributed by atoms with Gasteiger partial charge >= 0.3 is 5.97 Å². The summed E-state index contributed by atoms with van der Waals surface area (Å²) in [5, 5.41) is 19.3. The average Bonchev–Trinajstić information content (AvgIpc) is 3.04. The van der Waals surface area contributed by atoms with E-state index in [4.69, 9.17) is 0 Å². The first-order valence-corrected chi connectivity index (χ1v) is 10.2. The highest BCUT2D eigenvalue weighted by Gasteiger charge is 2.50. The first-order chi connectivity index (χ1) is 12.2. The number of carboxylic acid groups (broad SMARTS) is 1. The van der Waals surface area contributed by atoms with E-state index in [1.54, 1.807) is 6.92 Å². The van der Waals surface area contributed by atoms with Crippen molar-refractivity contribution in [1.29, 1.82) is 5.26 Å². The van der Waals surface area contributed by atoms with Crippen molar-refractivity contribution >= 4 is 11.9 Å². The van der Waals surface area contributed by atoms with E-state index >= 15 is 0 Å². The highest BCUT2D eigenvalue weighted by Crippen LogP contribution is 2.52. The fourth-order valence-electron chi connectivity index (χ4n) is 4.98. The Kier molecular flexibility index (Phi) is 8.12. The van der Waals surface area contributed by atoms with Gasteiger partial charge in [-0.1, -0.05) is 40.5 Å². The quantitative estimate of drug-likeness (QED) is 0.580. The summed E-state index contributed by atoms with van der Waals surface area (Å²) in [5.41, 5.74) is -1.37. The Balaban J connectivity index is 3.33. The lowest BCUT2D eigenvalue weighted by Gasteiger charge is -2.48. The van der Waals surface area contributed by atoms with E-state index < -0.39 is 16.8 Å². The standard InChI is InChI=1S/C21H36N2O3/c1-6-16(7-2)17(23-12-10-11-18(23)24)13-21(8-3,9-4)20(5,15-22)14-19(25)26/h16-17H,6-14H2,1-5H3,(H,25,26). The minimum Gasteiger partial charge on any atom is -0.481 e. The third-order valence-corrected chi connectivity index (χ3v) is 6.98. The van der Waals surface area contributed by atoms with Crippen LogP contribution in [0.15, 0.2) is 0 Å². The van der Waals surface area contributed by atoms with Gasteiger partial charge in [0.25, 0.3) is 0 Å². The summed E-state index contributed by atoms with van der Waals surface area (Å²) in [6, 6.07) is 2.43.